The number of amidine groups is 1. The number of cyclic esters (lactones) is 1. The third-order valence-electron chi connectivity index (χ3n) is 3.35. The van der Waals surface area contributed by atoms with Crippen molar-refractivity contribution in [3.63, 3.8) is 0 Å². The van der Waals surface area contributed by atoms with Gasteiger partial charge in [0.15, 0.2) is 5.17 Å². The molecule has 2 unspecified atom stereocenters. The van der Waals surface area contributed by atoms with E-state index in [4.69, 9.17) is 9.47 Å². The molecule has 110 valence electrons. The molecule has 21 heavy (non-hydrogen) atoms. The molecule has 1 amide bonds. The van der Waals surface area contributed by atoms with Gasteiger partial charge < -0.3 is 14.8 Å². The van der Waals surface area contributed by atoms with Crippen LogP contribution in [0.2, 0.25) is 0 Å². The highest BCUT2D eigenvalue weighted by atomic mass is 32.2. The van der Waals surface area contributed by atoms with Crippen molar-refractivity contribution in [3.05, 3.63) is 24.3 Å². The molecule has 2 heterocycles. The summed E-state index contributed by atoms with van der Waals surface area (Å²) in [7, 11) is 1.57. The normalized spacial score (nSPS) is 29.8. The van der Waals surface area contributed by atoms with Gasteiger partial charge in [-0.1, -0.05) is 17.8 Å². The lowest BCUT2D eigenvalue weighted by Crippen LogP contribution is -2.40. The largest absolute Gasteiger partial charge is 0.497 e. The van der Waals surface area contributed by atoms with Crippen LogP contribution in [-0.4, -0.2) is 35.0 Å². The van der Waals surface area contributed by atoms with Crippen LogP contribution in [0.15, 0.2) is 29.3 Å². The van der Waals surface area contributed by atoms with Crippen molar-refractivity contribution >= 4 is 34.5 Å². The van der Waals surface area contributed by atoms with Crippen molar-refractivity contribution in [2.45, 2.75) is 24.2 Å². The molecule has 1 spiro atoms. The number of esters is 1. The number of thioether (sulfide) groups is 1. The lowest BCUT2D eigenvalue weighted by atomic mass is 10.0. The first kappa shape index (κ1) is 13.9. The second-order valence-corrected chi connectivity index (χ2v) is 6.21. The van der Waals surface area contributed by atoms with Gasteiger partial charge in [0.05, 0.1) is 12.8 Å². The molecular weight excluding hydrogens is 292 g/mol. The average molecular weight is 306 g/mol. The molecule has 0 aliphatic carbocycles. The first-order valence-corrected chi connectivity index (χ1v) is 7.29. The number of hydrogen-bond acceptors (Lipinski definition) is 6. The van der Waals surface area contributed by atoms with E-state index in [0.717, 1.165) is 11.8 Å². The fraction of sp³-hybridized carbons (Fsp3) is 0.357. The van der Waals surface area contributed by atoms with E-state index in [-0.39, 0.29) is 12.0 Å². The summed E-state index contributed by atoms with van der Waals surface area (Å²) in [6, 6.07) is 7.16. The Morgan fingerprint density at radius 3 is 2.95 bits per heavy atom. The highest BCUT2D eigenvalue weighted by molar-refractivity contribution is 8.17. The lowest BCUT2D eigenvalue weighted by molar-refractivity contribution is -0.144. The number of carbonyl (C=O) groups excluding carboxylic acids is 2. The van der Waals surface area contributed by atoms with E-state index in [0.29, 0.717) is 23.0 Å². The zero-order chi connectivity index (χ0) is 15.0. The van der Waals surface area contributed by atoms with Crippen LogP contribution < -0.4 is 10.1 Å². The van der Waals surface area contributed by atoms with Crippen molar-refractivity contribution in [1.82, 2.24) is 5.32 Å². The molecule has 1 N–H and O–H groups in total. The zero-order valence-electron chi connectivity index (χ0n) is 11.6. The number of hydrogen-bond donors (Lipinski definition) is 1. The Bertz CT molecular complexity index is 646. The Balaban J connectivity index is 1.87. The molecule has 6 nitrogen and oxygen atoms in total. The maximum atomic E-state index is 12.1. The molecule has 2 aliphatic rings. The quantitative estimate of drug-likeness (QED) is 0.663. The summed E-state index contributed by atoms with van der Waals surface area (Å²) in [6.45, 7) is 1.78. The van der Waals surface area contributed by atoms with Crippen LogP contribution in [-0.2, 0) is 14.3 Å². The van der Waals surface area contributed by atoms with Gasteiger partial charge >= 0.3 is 5.97 Å². The minimum absolute atomic E-state index is 0.257. The second kappa shape index (κ2) is 5.07. The van der Waals surface area contributed by atoms with Gasteiger partial charge in [0.2, 0.25) is 4.75 Å². The number of methoxy groups -OCH3 is 1. The van der Waals surface area contributed by atoms with Crippen LogP contribution in [0.3, 0.4) is 0 Å². The molecular formula is C14H14N2O4S. The molecule has 2 aliphatic heterocycles. The Morgan fingerprint density at radius 1 is 1.48 bits per heavy atom. The highest BCUT2D eigenvalue weighted by Gasteiger charge is 2.59. The van der Waals surface area contributed by atoms with Crippen molar-refractivity contribution in [1.29, 1.82) is 0 Å². The van der Waals surface area contributed by atoms with Gasteiger partial charge in [-0.15, -0.1) is 0 Å². The fourth-order valence-electron chi connectivity index (χ4n) is 2.36. The van der Waals surface area contributed by atoms with Gasteiger partial charge in [-0.05, 0) is 19.1 Å². The molecule has 3 rings (SSSR count). The van der Waals surface area contributed by atoms with Crippen LogP contribution >= 0.6 is 11.8 Å². The Hall–Kier alpha value is -2.02. The van der Waals surface area contributed by atoms with Crippen molar-refractivity contribution < 1.29 is 19.1 Å². The summed E-state index contributed by atoms with van der Waals surface area (Å²) in [4.78, 5) is 28.4. The van der Waals surface area contributed by atoms with Crippen LogP contribution in [0, 0.1) is 0 Å². The Labute approximate surface area is 125 Å². The van der Waals surface area contributed by atoms with Crippen LogP contribution in [0.4, 0.5) is 5.69 Å². The number of amides is 1. The summed E-state index contributed by atoms with van der Waals surface area (Å²) in [5.74, 6) is -0.174. The fourth-order valence-corrected chi connectivity index (χ4v) is 3.58. The molecule has 1 aromatic carbocycles. The standard InChI is InChI=1S/C14H14N2O4S/c1-8-7-14(12(18)20-8)11(17)16-13(21-14)15-9-4-3-5-10(6-9)19-2/h3-6,8H,7H2,1-2H3,(H,15,16,17). The van der Waals surface area contributed by atoms with Crippen LogP contribution in [0.25, 0.3) is 0 Å². The van der Waals surface area contributed by atoms with E-state index < -0.39 is 10.7 Å². The summed E-state index contributed by atoms with van der Waals surface area (Å²) in [6.07, 6.45) is 0.103. The predicted molar refractivity (Wildman–Crippen MR) is 78.7 cm³/mol. The van der Waals surface area contributed by atoms with E-state index >= 15 is 0 Å². The van der Waals surface area contributed by atoms with E-state index in [9.17, 15) is 9.59 Å². The summed E-state index contributed by atoms with van der Waals surface area (Å²) in [5.41, 5.74) is 0.647. The minimum atomic E-state index is -1.18. The van der Waals surface area contributed by atoms with Gasteiger partial charge in [0.25, 0.3) is 5.91 Å². The van der Waals surface area contributed by atoms with Crippen LogP contribution in [0.5, 0.6) is 5.75 Å². The smallest absolute Gasteiger partial charge is 0.332 e. The Kier molecular flexibility index (Phi) is 3.36. The number of aliphatic imine (C=N–C) groups is 1. The lowest BCUT2D eigenvalue weighted by Gasteiger charge is -2.10. The van der Waals surface area contributed by atoms with Gasteiger partial charge in [-0.2, -0.15) is 0 Å². The molecule has 2 saturated heterocycles. The van der Waals surface area contributed by atoms with Gasteiger partial charge in [0, 0.05) is 12.5 Å². The molecule has 0 saturated carbocycles. The Morgan fingerprint density at radius 2 is 2.29 bits per heavy atom. The number of ether oxygens (including phenoxy) is 2. The predicted octanol–water partition coefficient (Wildman–Crippen LogP) is 1.62. The number of rotatable bonds is 2. The number of carbonyl (C=O) groups is 2. The second-order valence-electron chi connectivity index (χ2n) is 4.92. The van der Waals surface area contributed by atoms with Gasteiger partial charge in [-0.25, -0.2) is 9.79 Å². The summed E-state index contributed by atoms with van der Waals surface area (Å²) >= 11 is 1.12. The van der Waals surface area contributed by atoms with Crippen LogP contribution in [0.1, 0.15) is 13.3 Å². The van der Waals surface area contributed by atoms with E-state index in [1.54, 1.807) is 32.2 Å². The van der Waals surface area contributed by atoms with Crippen molar-refractivity contribution in [2.75, 3.05) is 7.11 Å². The average Bonchev–Trinajstić information content (AvgIpc) is 2.90. The third-order valence-corrected chi connectivity index (χ3v) is 4.61. The number of nitrogens with one attached hydrogen (secondary N) is 1. The maximum absolute atomic E-state index is 12.1. The molecule has 7 heteroatoms. The SMILES string of the molecule is COc1cccc(N=C2NC(=O)C3(CC(C)OC3=O)S2)c1. The first-order valence-electron chi connectivity index (χ1n) is 6.48. The van der Waals surface area contributed by atoms with E-state index in [1.807, 2.05) is 6.07 Å². The first-order chi connectivity index (χ1) is 10.0. The summed E-state index contributed by atoms with van der Waals surface area (Å²) in [5, 5.41) is 3.06. The van der Waals surface area contributed by atoms with Gasteiger partial charge in [-0.3, -0.25) is 4.79 Å². The molecule has 2 atom stereocenters. The molecule has 0 radical (unpaired) electrons. The number of benzene rings is 1. The molecule has 0 aromatic heterocycles. The maximum Gasteiger partial charge on any atom is 0.332 e. The van der Waals surface area contributed by atoms with Crippen molar-refractivity contribution in [2.24, 2.45) is 4.99 Å². The minimum Gasteiger partial charge on any atom is -0.497 e. The third kappa shape index (κ3) is 2.37. The molecule has 1 aromatic rings. The van der Waals surface area contributed by atoms with E-state index in [2.05, 4.69) is 10.3 Å². The van der Waals surface area contributed by atoms with Gasteiger partial charge in [0.1, 0.15) is 11.9 Å². The summed E-state index contributed by atoms with van der Waals surface area (Å²) < 4.78 is 9.05. The number of nitrogens with zero attached hydrogens (tertiary/aromatic N) is 1. The monoisotopic (exact) mass is 306 g/mol. The molecule has 0 bridgehead atoms. The molecule has 2 fully saturated rings. The van der Waals surface area contributed by atoms with E-state index in [1.165, 1.54) is 0 Å². The zero-order valence-corrected chi connectivity index (χ0v) is 12.4. The topological polar surface area (TPSA) is 77.0 Å². The highest BCUT2D eigenvalue weighted by Crippen LogP contribution is 2.43. The van der Waals surface area contributed by atoms with Crippen molar-refractivity contribution in [3.8, 4) is 5.75 Å².